The Morgan fingerprint density at radius 2 is 1.61 bits per heavy atom. The molecule has 1 aromatic carbocycles. The molecule has 0 radical (unpaired) electrons. The highest BCUT2D eigenvalue weighted by Crippen LogP contribution is 2.68. The second-order valence-electron chi connectivity index (χ2n) is 14.5. The van der Waals surface area contributed by atoms with Gasteiger partial charge in [0, 0.05) is 19.4 Å². The van der Waals surface area contributed by atoms with Crippen molar-refractivity contribution < 1.29 is 28.6 Å². The molecule has 4 saturated carbocycles. The summed E-state index contributed by atoms with van der Waals surface area (Å²) < 4.78 is 25.6. The number of hydrogen-bond donors (Lipinski definition) is 1. The predicted molar refractivity (Wildman–Crippen MR) is 156 cm³/mol. The van der Waals surface area contributed by atoms with E-state index in [9.17, 15) is 19.1 Å². The van der Waals surface area contributed by atoms with Crippen molar-refractivity contribution in [1.82, 2.24) is 0 Å². The molecule has 0 amide bonds. The topological polar surface area (TPSA) is 72.8 Å². The molecule has 1 unspecified atom stereocenters. The van der Waals surface area contributed by atoms with Gasteiger partial charge in [-0.2, -0.15) is 0 Å². The molecule has 1 aromatic rings. The lowest BCUT2D eigenvalue weighted by Crippen LogP contribution is -2.58. The number of halogens is 1. The molecule has 4 aliphatic rings. The summed E-state index contributed by atoms with van der Waals surface area (Å²) in [5.41, 5.74) is 0.915. The number of ether oxygens (including phenoxy) is 2. The zero-order valence-electron chi connectivity index (χ0n) is 25.7. The van der Waals surface area contributed by atoms with E-state index < -0.39 is 12.2 Å². The summed E-state index contributed by atoms with van der Waals surface area (Å²) in [6.45, 7) is 10.2. The minimum absolute atomic E-state index is 0.114. The summed E-state index contributed by atoms with van der Waals surface area (Å²) in [6.07, 6.45) is 10.2. The third-order valence-corrected chi connectivity index (χ3v) is 12.5. The fourth-order valence-corrected chi connectivity index (χ4v) is 10.7. The highest BCUT2D eigenvalue weighted by molar-refractivity contribution is 5.66. The van der Waals surface area contributed by atoms with E-state index in [2.05, 4.69) is 20.8 Å². The van der Waals surface area contributed by atoms with Crippen LogP contribution in [0.15, 0.2) is 24.3 Å². The van der Waals surface area contributed by atoms with Crippen LogP contribution in [-0.4, -0.2) is 29.3 Å². The molecule has 1 N–H and O–H groups in total. The van der Waals surface area contributed by atoms with E-state index in [0.29, 0.717) is 41.1 Å². The first kappa shape index (κ1) is 30.5. The van der Waals surface area contributed by atoms with Gasteiger partial charge >= 0.3 is 11.9 Å². The molecule has 4 aliphatic carbocycles. The van der Waals surface area contributed by atoms with Gasteiger partial charge in [-0.25, -0.2) is 4.39 Å². The van der Waals surface area contributed by atoms with Crippen molar-refractivity contribution in [3.8, 4) is 0 Å². The Bertz CT molecular complexity index is 1110. The van der Waals surface area contributed by atoms with Gasteiger partial charge in [-0.05, 0) is 117 Å². The van der Waals surface area contributed by atoms with E-state index in [1.165, 1.54) is 52.0 Å². The van der Waals surface area contributed by atoms with Crippen LogP contribution in [0.3, 0.4) is 0 Å². The number of aliphatic hydroxyl groups excluding tert-OH is 1. The molecule has 0 spiro atoms. The lowest BCUT2D eigenvalue weighted by Gasteiger charge is -2.62. The highest BCUT2D eigenvalue weighted by Gasteiger charge is 2.62. The number of carbonyl (C=O) groups excluding carboxylic acids is 2. The summed E-state index contributed by atoms with van der Waals surface area (Å²) >= 11 is 0. The normalized spacial score (nSPS) is 39.5. The highest BCUT2D eigenvalue weighted by atomic mass is 19.1. The second kappa shape index (κ2) is 12.0. The lowest BCUT2D eigenvalue weighted by molar-refractivity contribution is -0.191. The van der Waals surface area contributed by atoms with Gasteiger partial charge in [-0.1, -0.05) is 45.4 Å². The van der Waals surface area contributed by atoms with Gasteiger partial charge in [0.2, 0.25) is 0 Å². The van der Waals surface area contributed by atoms with Crippen LogP contribution in [0.25, 0.3) is 0 Å². The molecule has 0 aromatic heterocycles. The Morgan fingerprint density at radius 3 is 2.32 bits per heavy atom. The van der Waals surface area contributed by atoms with E-state index in [1.54, 1.807) is 18.2 Å². The van der Waals surface area contributed by atoms with Gasteiger partial charge < -0.3 is 14.6 Å². The lowest BCUT2D eigenvalue weighted by atomic mass is 9.44. The number of hydrogen-bond acceptors (Lipinski definition) is 5. The van der Waals surface area contributed by atoms with Crippen LogP contribution in [0.2, 0.25) is 0 Å². The number of aliphatic hydroxyl groups is 1. The van der Waals surface area contributed by atoms with Crippen LogP contribution in [0.1, 0.15) is 117 Å². The van der Waals surface area contributed by atoms with Crippen molar-refractivity contribution in [3.63, 3.8) is 0 Å². The van der Waals surface area contributed by atoms with E-state index in [4.69, 9.17) is 9.47 Å². The maximum Gasteiger partial charge on any atom is 0.303 e. The van der Waals surface area contributed by atoms with Crippen LogP contribution in [0.4, 0.5) is 4.39 Å². The van der Waals surface area contributed by atoms with Gasteiger partial charge in [0.1, 0.15) is 18.0 Å². The first-order valence-electron chi connectivity index (χ1n) is 16.2. The molecular formula is C35H51FO5. The number of rotatable bonds is 8. The van der Waals surface area contributed by atoms with Crippen LogP contribution in [-0.2, 0) is 19.1 Å². The first-order chi connectivity index (χ1) is 19.5. The third-order valence-electron chi connectivity index (χ3n) is 12.5. The number of esters is 2. The molecule has 4 fully saturated rings. The molecule has 5 nitrogen and oxygen atoms in total. The summed E-state index contributed by atoms with van der Waals surface area (Å²) in [5.74, 6) is 2.53. The molecule has 11 atom stereocenters. The molecular weight excluding hydrogens is 519 g/mol. The zero-order chi connectivity index (χ0) is 29.5. The van der Waals surface area contributed by atoms with E-state index >= 15 is 0 Å². The molecule has 228 valence electrons. The monoisotopic (exact) mass is 570 g/mol. The summed E-state index contributed by atoms with van der Waals surface area (Å²) in [4.78, 5) is 23.4. The van der Waals surface area contributed by atoms with Gasteiger partial charge in [-0.3, -0.25) is 9.59 Å². The summed E-state index contributed by atoms with van der Waals surface area (Å²) in [7, 11) is 0. The van der Waals surface area contributed by atoms with Gasteiger partial charge in [0.25, 0.3) is 0 Å². The first-order valence-corrected chi connectivity index (χ1v) is 16.2. The average molecular weight is 571 g/mol. The zero-order valence-corrected chi connectivity index (χ0v) is 25.7. The second-order valence-corrected chi connectivity index (χ2v) is 14.5. The van der Waals surface area contributed by atoms with Crippen molar-refractivity contribution in [2.45, 2.75) is 124 Å². The minimum Gasteiger partial charge on any atom is -0.460 e. The van der Waals surface area contributed by atoms with E-state index in [0.717, 1.165) is 38.0 Å². The van der Waals surface area contributed by atoms with Gasteiger partial charge in [-0.15, -0.1) is 0 Å². The molecule has 0 aliphatic heterocycles. The van der Waals surface area contributed by atoms with Crippen LogP contribution >= 0.6 is 0 Å². The van der Waals surface area contributed by atoms with Crippen molar-refractivity contribution in [3.05, 3.63) is 35.6 Å². The number of carbonyl (C=O) groups is 2. The maximum absolute atomic E-state index is 14.5. The molecule has 0 saturated heterocycles. The van der Waals surface area contributed by atoms with Gasteiger partial charge in [0.05, 0.1) is 6.10 Å². The summed E-state index contributed by atoms with van der Waals surface area (Å²) in [5, 5.41) is 11.3. The number of fused-ring (bicyclic) bond motifs is 5. The third kappa shape index (κ3) is 5.71. The maximum atomic E-state index is 14.5. The fraction of sp³-hybridized carbons (Fsp3) is 0.771. The van der Waals surface area contributed by atoms with Crippen molar-refractivity contribution in [2.24, 2.45) is 46.3 Å². The smallest absolute Gasteiger partial charge is 0.303 e. The molecule has 6 heteroatoms. The molecule has 0 bridgehead atoms. The van der Waals surface area contributed by atoms with Crippen molar-refractivity contribution in [2.75, 3.05) is 0 Å². The SMILES string of the molecule is CC(=O)OC(CCC[C@@H](C)[C@H]1CC[C@H]2[C@@H]3CC[C@H]4[C@@H](O)[C@@H](OC(C)=O)CC[C@]4(C)[C@H]3CC[C@]12C)c1ccccc1F. The molecule has 5 rings (SSSR count). The predicted octanol–water partition coefficient (Wildman–Crippen LogP) is 7.80. The van der Waals surface area contributed by atoms with Crippen molar-refractivity contribution >= 4 is 11.9 Å². The largest absolute Gasteiger partial charge is 0.460 e. The Labute approximate surface area is 246 Å². The summed E-state index contributed by atoms with van der Waals surface area (Å²) in [6, 6.07) is 6.63. The Kier molecular flexibility index (Phi) is 8.91. The van der Waals surface area contributed by atoms with E-state index in [1.807, 2.05) is 0 Å². The van der Waals surface area contributed by atoms with Gasteiger partial charge in [0.15, 0.2) is 0 Å². The van der Waals surface area contributed by atoms with Crippen molar-refractivity contribution in [1.29, 1.82) is 0 Å². The fourth-order valence-electron chi connectivity index (χ4n) is 10.7. The van der Waals surface area contributed by atoms with Crippen LogP contribution in [0.5, 0.6) is 0 Å². The molecule has 0 heterocycles. The Hall–Kier alpha value is -1.95. The van der Waals surface area contributed by atoms with E-state index in [-0.39, 0.29) is 35.2 Å². The van der Waals surface area contributed by atoms with Crippen LogP contribution in [0, 0.1) is 52.2 Å². The quantitative estimate of drug-likeness (QED) is 0.323. The molecule has 41 heavy (non-hydrogen) atoms. The average Bonchev–Trinajstić information content (AvgIpc) is 3.27. The number of benzene rings is 1. The standard InChI is InChI=1S/C35H51FO5/c1-21(9-8-12-31(40-22(2)37)25-10-6-7-11-30(25)36)26-15-16-27-24-13-14-29-33(39)32(41-23(3)38)18-20-35(29,5)28(24)17-19-34(26,27)4/h6-7,10-11,21,24,26-29,31-33,39H,8-9,12-20H2,1-5H3/t21-,24+,26-,27+,28+,29+,31?,32+,33-,34-,35-/m1/s1. The van der Waals surface area contributed by atoms with Crippen LogP contribution < -0.4 is 0 Å². The minimum atomic E-state index is -0.552. The Balaban J connectivity index is 1.22. The Morgan fingerprint density at radius 1 is 0.927 bits per heavy atom.